The lowest BCUT2D eigenvalue weighted by Crippen LogP contribution is -2.33. The Bertz CT molecular complexity index is 1210. The van der Waals surface area contributed by atoms with Gasteiger partial charge in [0.05, 0.1) is 16.3 Å². The van der Waals surface area contributed by atoms with E-state index in [2.05, 4.69) is 15.0 Å². The number of nitrogens with zero attached hydrogens (tertiary/aromatic N) is 2. The molecule has 0 saturated carbocycles. The van der Waals surface area contributed by atoms with E-state index >= 15 is 0 Å². The van der Waals surface area contributed by atoms with Gasteiger partial charge in [-0.1, -0.05) is 31.5 Å². The lowest BCUT2D eigenvalue weighted by Gasteiger charge is -2.20. The van der Waals surface area contributed by atoms with Crippen molar-refractivity contribution in [3.05, 3.63) is 69.2 Å². The highest BCUT2D eigenvalue weighted by molar-refractivity contribution is 6.33. The van der Waals surface area contributed by atoms with Crippen molar-refractivity contribution in [2.24, 2.45) is 11.1 Å². The molecule has 1 aromatic carbocycles. The summed E-state index contributed by atoms with van der Waals surface area (Å²) in [6.45, 7) is 3.40. The van der Waals surface area contributed by atoms with Gasteiger partial charge in [0.1, 0.15) is 5.82 Å². The molecule has 2 aromatic heterocycles. The van der Waals surface area contributed by atoms with E-state index in [9.17, 15) is 22.8 Å². The number of alkyl halides is 3. The summed E-state index contributed by atoms with van der Waals surface area (Å²) in [4.78, 5) is 34.3. The van der Waals surface area contributed by atoms with Crippen molar-refractivity contribution < 1.29 is 18.0 Å². The Hall–Kier alpha value is -3.20. The average molecular weight is 451 g/mol. The van der Waals surface area contributed by atoms with Crippen molar-refractivity contribution in [2.75, 3.05) is 0 Å². The highest BCUT2D eigenvalue weighted by atomic mass is 35.5. The fourth-order valence-electron chi connectivity index (χ4n) is 2.93. The summed E-state index contributed by atoms with van der Waals surface area (Å²) in [6.07, 6.45) is -2.39. The molecule has 0 saturated heterocycles. The molecule has 10 heteroatoms. The van der Waals surface area contributed by atoms with Crippen LogP contribution in [0.4, 0.5) is 13.2 Å². The normalized spacial score (nSPS) is 12.1. The molecule has 0 unspecified atom stereocenters. The summed E-state index contributed by atoms with van der Waals surface area (Å²) in [5.74, 6) is -0.404. The number of primary amides is 1. The second-order valence-corrected chi connectivity index (χ2v) is 8.09. The van der Waals surface area contributed by atoms with Crippen LogP contribution in [0.3, 0.4) is 0 Å². The number of nitrogens with two attached hydrogens (primary N) is 1. The molecule has 0 atom stereocenters. The lowest BCUT2D eigenvalue weighted by atomic mass is 9.85. The molecule has 3 N–H and O–H groups in total. The van der Waals surface area contributed by atoms with Gasteiger partial charge in [-0.25, -0.2) is 4.98 Å². The molecule has 0 radical (unpaired) electrons. The Labute approximate surface area is 180 Å². The number of carbonyl (C=O) groups excluding carboxylic acids is 1. The Morgan fingerprint density at radius 2 is 1.87 bits per heavy atom. The van der Waals surface area contributed by atoms with E-state index in [4.69, 9.17) is 17.3 Å². The maximum absolute atomic E-state index is 13.0. The zero-order chi connectivity index (χ0) is 23.0. The van der Waals surface area contributed by atoms with Crippen molar-refractivity contribution in [1.29, 1.82) is 0 Å². The van der Waals surface area contributed by atoms with Crippen LogP contribution >= 0.6 is 11.6 Å². The number of carbonyl (C=O) groups is 1. The van der Waals surface area contributed by atoms with Crippen LogP contribution in [0.5, 0.6) is 0 Å². The Balaban J connectivity index is 2.08. The molecule has 0 spiro atoms. The van der Waals surface area contributed by atoms with Gasteiger partial charge < -0.3 is 10.7 Å². The van der Waals surface area contributed by atoms with Crippen molar-refractivity contribution in [3.63, 3.8) is 0 Å². The van der Waals surface area contributed by atoms with Gasteiger partial charge in [-0.2, -0.15) is 13.2 Å². The third-order valence-electron chi connectivity index (χ3n) is 4.70. The molecule has 0 aliphatic heterocycles. The SMILES string of the molecule is CC(C)(Cc1ccc(Cl)c(-c2nc(-c3cncc(C(F)(F)F)c3)cc(=O)[nH]2)c1)C(N)=O. The topological polar surface area (TPSA) is 102 Å². The minimum atomic E-state index is -4.59. The van der Waals surface area contributed by atoms with Gasteiger partial charge in [0.25, 0.3) is 5.56 Å². The molecule has 6 nitrogen and oxygen atoms in total. The number of amides is 1. The highest BCUT2D eigenvalue weighted by Crippen LogP contribution is 2.32. The molecule has 0 aliphatic rings. The summed E-state index contributed by atoms with van der Waals surface area (Å²) in [7, 11) is 0. The standard InChI is InChI=1S/C21H18ClF3N4O2/c1-20(2,19(26)31)8-11-3-4-15(22)14(5-11)18-28-16(7-17(30)29-18)12-6-13(10-27-9-12)21(23,24)25/h3-7,9-10H,8H2,1-2H3,(H2,26,31)(H,28,29,30). The predicted octanol–water partition coefficient (Wildman–Crippen LogP) is 4.23. The van der Waals surface area contributed by atoms with E-state index < -0.39 is 28.6 Å². The predicted molar refractivity (Wildman–Crippen MR) is 110 cm³/mol. The van der Waals surface area contributed by atoms with Gasteiger partial charge in [0.15, 0.2) is 0 Å². The van der Waals surface area contributed by atoms with E-state index in [-0.39, 0.29) is 22.1 Å². The average Bonchev–Trinajstić information content (AvgIpc) is 2.68. The highest BCUT2D eigenvalue weighted by Gasteiger charge is 2.31. The number of hydrogen-bond donors (Lipinski definition) is 2. The maximum atomic E-state index is 13.0. The van der Waals surface area contributed by atoms with E-state index in [0.29, 0.717) is 18.2 Å². The van der Waals surface area contributed by atoms with Crippen molar-refractivity contribution in [3.8, 4) is 22.6 Å². The smallest absolute Gasteiger partial charge is 0.369 e. The van der Waals surface area contributed by atoms with E-state index in [1.54, 1.807) is 32.0 Å². The summed E-state index contributed by atoms with van der Waals surface area (Å²) < 4.78 is 39.1. The number of aromatic amines is 1. The first-order valence-electron chi connectivity index (χ1n) is 9.09. The van der Waals surface area contributed by atoms with E-state index in [1.165, 1.54) is 6.20 Å². The zero-order valence-corrected chi connectivity index (χ0v) is 17.3. The number of aromatic nitrogens is 3. The van der Waals surface area contributed by atoms with Crippen LogP contribution in [0.2, 0.25) is 5.02 Å². The van der Waals surface area contributed by atoms with Crippen LogP contribution < -0.4 is 11.3 Å². The summed E-state index contributed by atoms with van der Waals surface area (Å²) >= 11 is 6.29. The maximum Gasteiger partial charge on any atom is 0.417 e. The molecule has 3 aromatic rings. The molecule has 3 rings (SSSR count). The first-order valence-corrected chi connectivity index (χ1v) is 9.47. The number of nitrogens with one attached hydrogen (secondary N) is 1. The molecule has 0 bridgehead atoms. The van der Waals surface area contributed by atoms with Crippen LogP contribution in [0.25, 0.3) is 22.6 Å². The minimum Gasteiger partial charge on any atom is -0.369 e. The van der Waals surface area contributed by atoms with Crippen LogP contribution in [-0.4, -0.2) is 20.9 Å². The molecule has 0 fully saturated rings. The van der Waals surface area contributed by atoms with Crippen molar-refractivity contribution in [2.45, 2.75) is 26.4 Å². The second-order valence-electron chi connectivity index (χ2n) is 7.68. The van der Waals surface area contributed by atoms with E-state index in [0.717, 1.165) is 17.7 Å². The van der Waals surface area contributed by atoms with Gasteiger partial charge in [0.2, 0.25) is 5.91 Å². The van der Waals surface area contributed by atoms with Gasteiger partial charge in [-0.15, -0.1) is 0 Å². The lowest BCUT2D eigenvalue weighted by molar-refractivity contribution is -0.137. The number of hydrogen-bond acceptors (Lipinski definition) is 4. The number of H-pyrrole nitrogens is 1. The fourth-order valence-corrected chi connectivity index (χ4v) is 3.14. The van der Waals surface area contributed by atoms with Gasteiger partial charge in [-0.3, -0.25) is 14.6 Å². The third-order valence-corrected chi connectivity index (χ3v) is 5.03. The van der Waals surface area contributed by atoms with Gasteiger partial charge >= 0.3 is 6.18 Å². The molecular formula is C21H18ClF3N4O2. The van der Waals surface area contributed by atoms with Crippen LogP contribution in [-0.2, 0) is 17.4 Å². The first kappa shape index (κ1) is 22.5. The molecule has 2 heterocycles. The minimum absolute atomic E-state index is 0.0104. The summed E-state index contributed by atoms with van der Waals surface area (Å²) in [6, 6.07) is 6.90. The van der Waals surface area contributed by atoms with Crippen molar-refractivity contribution >= 4 is 17.5 Å². The second kappa shape index (κ2) is 8.14. The Morgan fingerprint density at radius 3 is 2.52 bits per heavy atom. The quantitative estimate of drug-likeness (QED) is 0.607. The van der Waals surface area contributed by atoms with Crippen LogP contribution in [0.15, 0.2) is 47.5 Å². The number of pyridine rings is 1. The Kier molecular flexibility index (Phi) is 5.91. The van der Waals surface area contributed by atoms with Crippen LogP contribution in [0, 0.1) is 5.41 Å². The number of rotatable bonds is 5. The molecule has 31 heavy (non-hydrogen) atoms. The molecule has 0 aliphatic carbocycles. The zero-order valence-electron chi connectivity index (χ0n) is 16.5. The summed E-state index contributed by atoms with van der Waals surface area (Å²) in [5.41, 5.74) is 4.20. The first-order chi connectivity index (χ1) is 14.4. The summed E-state index contributed by atoms with van der Waals surface area (Å²) in [5, 5.41) is 0.267. The van der Waals surface area contributed by atoms with Crippen LogP contribution in [0.1, 0.15) is 25.0 Å². The molecule has 162 valence electrons. The largest absolute Gasteiger partial charge is 0.417 e. The Morgan fingerprint density at radius 1 is 1.16 bits per heavy atom. The van der Waals surface area contributed by atoms with Crippen molar-refractivity contribution in [1.82, 2.24) is 15.0 Å². The molecular weight excluding hydrogens is 433 g/mol. The van der Waals surface area contributed by atoms with Gasteiger partial charge in [-0.05, 0) is 30.2 Å². The van der Waals surface area contributed by atoms with Gasteiger partial charge in [0, 0.05) is 35.0 Å². The third kappa shape index (κ3) is 5.11. The number of benzene rings is 1. The van der Waals surface area contributed by atoms with E-state index in [1.807, 2.05) is 0 Å². The fraction of sp³-hybridized carbons (Fsp3) is 0.238. The monoisotopic (exact) mass is 450 g/mol. The number of halogens is 4. The molecule has 1 amide bonds.